The summed E-state index contributed by atoms with van der Waals surface area (Å²) in [5.41, 5.74) is 2.16. The average molecular weight is 616 g/mol. The number of halogens is 4. The van der Waals surface area contributed by atoms with Gasteiger partial charge in [0.15, 0.2) is 6.39 Å². The minimum absolute atomic E-state index is 0.00908. The van der Waals surface area contributed by atoms with Crippen LogP contribution in [0.5, 0.6) is 0 Å². The van der Waals surface area contributed by atoms with Crippen LogP contribution in [-0.2, 0) is 22.6 Å². The monoisotopic (exact) mass is 615 g/mol. The minimum atomic E-state index is -5.01. The van der Waals surface area contributed by atoms with E-state index in [-0.39, 0.29) is 17.6 Å². The van der Waals surface area contributed by atoms with Crippen LogP contribution >= 0.6 is 0 Å². The van der Waals surface area contributed by atoms with Crippen molar-refractivity contribution in [2.45, 2.75) is 38.0 Å². The van der Waals surface area contributed by atoms with Crippen LogP contribution in [0.1, 0.15) is 50.8 Å². The lowest BCUT2D eigenvalue weighted by Crippen LogP contribution is -2.38. The Hall–Kier alpha value is -4.72. The minimum Gasteiger partial charge on any atom is -0.438 e. The number of alkyl halides is 3. The molecule has 5 rings (SSSR count). The normalized spacial score (nSPS) is 14.2. The molecule has 0 radical (unpaired) electrons. The van der Waals surface area contributed by atoms with Gasteiger partial charge < -0.3 is 29.3 Å². The number of nitrogens with one attached hydrogen (secondary N) is 2. The number of rotatable bonds is 9. The van der Waals surface area contributed by atoms with E-state index in [1.165, 1.54) is 24.4 Å². The Balaban J connectivity index is 1.34. The highest BCUT2D eigenvalue weighted by molar-refractivity contribution is 6.15. The average Bonchev–Trinajstić information content (AvgIpc) is 3.68. The summed E-state index contributed by atoms with van der Waals surface area (Å²) in [7, 11) is 1.57. The molecule has 4 aromatic rings. The van der Waals surface area contributed by atoms with Gasteiger partial charge in [0.25, 0.3) is 11.8 Å². The first-order valence-electron chi connectivity index (χ1n) is 13.8. The zero-order valence-corrected chi connectivity index (χ0v) is 23.6. The maximum Gasteiger partial charge on any atom is 0.471 e. The number of carbonyl (C=O) groups excluding carboxylic acids is 3. The second-order valence-electron chi connectivity index (χ2n) is 10.4. The second kappa shape index (κ2) is 12.9. The SMILES string of the molecule is COCCn1cc(C(=O)N2CCC(c3cc(CNC(=O)C(F)(F)F)ccc3F)CC2)c2c(NC(=O)c3cnco3)cccc21. The highest BCUT2D eigenvalue weighted by atomic mass is 19.4. The number of aromatic nitrogens is 2. The van der Waals surface area contributed by atoms with Gasteiger partial charge >= 0.3 is 12.1 Å². The predicted octanol–water partition coefficient (Wildman–Crippen LogP) is 4.87. The van der Waals surface area contributed by atoms with Crippen LogP contribution in [0, 0.1) is 5.82 Å². The number of fused-ring (bicyclic) bond motifs is 1. The van der Waals surface area contributed by atoms with E-state index < -0.39 is 30.4 Å². The number of piperidine rings is 1. The first kappa shape index (κ1) is 30.7. The Labute approximate surface area is 249 Å². The first-order valence-corrected chi connectivity index (χ1v) is 13.8. The molecule has 0 bridgehead atoms. The smallest absolute Gasteiger partial charge is 0.438 e. The molecule has 1 fully saturated rings. The number of likely N-dealkylation sites (tertiary alicyclic amines) is 1. The molecular formula is C30H29F4N5O5. The van der Waals surface area contributed by atoms with Gasteiger partial charge in [-0.1, -0.05) is 18.2 Å². The van der Waals surface area contributed by atoms with Crippen molar-refractivity contribution in [1.82, 2.24) is 19.8 Å². The molecule has 0 spiro atoms. The topological polar surface area (TPSA) is 119 Å². The molecule has 10 nitrogen and oxygen atoms in total. The standard InChI is InChI=1S/C30H29F4N5O5/c1-43-12-11-39-16-21(26-23(3-2-4-24(26)39)37-27(40)25-15-35-17-44-25)28(41)38-9-7-19(8-10-38)20-13-18(5-6-22(20)31)14-36-29(42)30(32,33)34/h2-6,13,15-17,19H,7-12,14H2,1H3,(H,36,42)(H,37,40). The number of oxazole rings is 1. The molecule has 1 aliphatic heterocycles. The summed E-state index contributed by atoms with van der Waals surface area (Å²) >= 11 is 0. The molecule has 3 heterocycles. The second-order valence-corrected chi connectivity index (χ2v) is 10.4. The van der Waals surface area contributed by atoms with E-state index >= 15 is 0 Å². The Bertz CT molecular complexity index is 1660. The van der Waals surface area contributed by atoms with Gasteiger partial charge in [0, 0.05) is 44.9 Å². The van der Waals surface area contributed by atoms with Crippen molar-refractivity contribution in [2.75, 3.05) is 32.1 Å². The summed E-state index contributed by atoms with van der Waals surface area (Å²) in [4.78, 5) is 43.3. The molecule has 232 valence electrons. The van der Waals surface area contributed by atoms with Crippen molar-refractivity contribution >= 4 is 34.3 Å². The zero-order valence-electron chi connectivity index (χ0n) is 23.6. The molecule has 0 saturated carbocycles. The molecule has 0 aliphatic carbocycles. The predicted molar refractivity (Wildman–Crippen MR) is 150 cm³/mol. The van der Waals surface area contributed by atoms with Crippen molar-refractivity contribution in [3.8, 4) is 0 Å². The van der Waals surface area contributed by atoms with Crippen molar-refractivity contribution in [1.29, 1.82) is 0 Å². The fourth-order valence-electron chi connectivity index (χ4n) is 5.37. The number of ether oxygens (including phenoxy) is 1. The highest BCUT2D eigenvalue weighted by Crippen LogP contribution is 2.34. The number of anilines is 1. The molecule has 2 aromatic heterocycles. The number of carbonyl (C=O) groups is 3. The number of methoxy groups -OCH3 is 1. The molecule has 2 N–H and O–H groups in total. The highest BCUT2D eigenvalue weighted by Gasteiger charge is 2.38. The molecule has 1 aliphatic rings. The van der Waals surface area contributed by atoms with Gasteiger partial charge in [-0.25, -0.2) is 9.37 Å². The van der Waals surface area contributed by atoms with Crippen LogP contribution in [0.4, 0.5) is 23.2 Å². The Morgan fingerprint density at radius 3 is 2.59 bits per heavy atom. The van der Waals surface area contributed by atoms with Gasteiger partial charge in [-0.2, -0.15) is 13.2 Å². The quantitative estimate of drug-likeness (QED) is 0.260. The van der Waals surface area contributed by atoms with Crippen molar-refractivity contribution < 1.29 is 41.1 Å². The van der Waals surface area contributed by atoms with E-state index in [1.807, 2.05) is 10.6 Å². The lowest BCUT2D eigenvalue weighted by atomic mass is 9.88. The Morgan fingerprint density at radius 2 is 1.91 bits per heavy atom. The van der Waals surface area contributed by atoms with E-state index in [0.717, 1.165) is 6.39 Å². The Kier molecular flexibility index (Phi) is 8.99. The summed E-state index contributed by atoms with van der Waals surface area (Å²) < 4.78 is 64.7. The molecule has 3 amide bonds. The fraction of sp³-hybridized carbons (Fsp3) is 0.333. The lowest BCUT2D eigenvalue weighted by Gasteiger charge is -2.32. The van der Waals surface area contributed by atoms with Crippen LogP contribution in [0.2, 0.25) is 0 Å². The van der Waals surface area contributed by atoms with E-state index in [1.54, 1.807) is 35.7 Å². The molecular weight excluding hydrogens is 586 g/mol. The molecule has 0 atom stereocenters. The van der Waals surface area contributed by atoms with Crippen LogP contribution in [-0.4, -0.2) is 65.2 Å². The molecule has 14 heteroatoms. The summed E-state index contributed by atoms with van der Waals surface area (Å²) in [6.45, 7) is 1.05. The third kappa shape index (κ3) is 6.59. The maximum atomic E-state index is 14.8. The van der Waals surface area contributed by atoms with Gasteiger partial charge in [-0.3, -0.25) is 14.4 Å². The number of hydrogen-bond acceptors (Lipinski definition) is 6. The summed E-state index contributed by atoms with van der Waals surface area (Å²) in [5.74, 6) is -3.64. The number of benzene rings is 2. The summed E-state index contributed by atoms with van der Waals surface area (Å²) in [6, 6.07) is 9.25. The van der Waals surface area contributed by atoms with Crippen molar-refractivity contribution in [3.63, 3.8) is 0 Å². The summed E-state index contributed by atoms with van der Waals surface area (Å²) in [5, 5.41) is 5.15. The number of amides is 3. The van der Waals surface area contributed by atoms with Gasteiger partial charge in [-0.05, 0) is 48.1 Å². The van der Waals surface area contributed by atoms with Crippen LogP contribution < -0.4 is 10.6 Å². The van der Waals surface area contributed by atoms with E-state index in [9.17, 15) is 31.9 Å². The zero-order chi connectivity index (χ0) is 31.4. The summed E-state index contributed by atoms with van der Waals surface area (Å²) in [6.07, 6.45) is -0.0330. The van der Waals surface area contributed by atoms with E-state index in [0.29, 0.717) is 72.4 Å². The third-order valence-electron chi connectivity index (χ3n) is 7.57. The molecule has 0 unspecified atom stereocenters. The van der Waals surface area contributed by atoms with Gasteiger partial charge in [0.05, 0.1) is 29.6 Å². The lowest BCUT2D eigenvalue weighted by molar-refractivity contribution is -0.173. The van der Waals surface area contributed by atoms with Gasteiger partial charge in [0.2, 0.25) is 5.76 Å². The number of hydrogen-bond donors (Lipinski definition) is 2. The molecule has 1 saturated heterocycles. The maximum absolute atomic E-state index is 14.8. The molecule has 2 aromatic carbocycles. The van der Waals surface area contributed by atoms with Crippen molar-refractivity contribution in [2.24, 2.45) is 0 Å². The van der Waals surface area contributed by atoms with Crippen LogP contribution in [0.25, 0.3) is 10.9 Å². The Morgan fingerprint density at radius 1 is 1.14 bits per heavy atom. The molecule has 44 heavy (non-hydrogen) atoms. The van der Waals surface area contributed by atoms with E-state index in [4.69, 9.17) is 9.15 Å². The van der Waals surface area contributed by atoms with Crippen LogP contribution in [0.15, 0.2) is 59.6 Å². The first-order chi connectivity index (χ1) is 21.1. The van der Waals surface area contributed by atoms with Gasteiger partial charge in [0.1, 0.15) is 5.82 Å². The van der Waals surface area contributed by atoms with Crippen LogP contribution in [0.3, 0.4) is 0 Å². The van der Waals surface area contributed by atoms with Crippen molar-refractivity contribution in [3.05, 3.63) is 83.5 Å². The van der Waals surface area contributed by atoms with E-state index in [2.05, 4.69) is 10.3 Å². The fourth-order valence-corrected chi connectivity index (χ4v) is 5.37. The third-order valence-corrected chi connectivity index (χ3v) is 7.57. The van der Waals surface area contributed by atoms with Gasteiger partial charge in [-0.15, -0.1) is 0 Å². The largest absolute Gasteiger partial charge is 0.471 e. The number of nitrogens with zero attached hydrogens (tertiary/aromatic N) is 3.